The molecule has 1 unspecified atom stereocenters. The molecule has 1 atom stereocenters. The third-order valence-electron chi connectivity index (χ3n) is 3.17. The van der Waals surface area contributed by atoms with E-state index in [0.29, 0.717) is 0 Å². The van der Waals surface area contributed by atoms with E-state index in [0.717, 1.165) is 20.9 Å². The molecule has 0 saturated carbocycles. The second kappa shape index (κ2) is 6.66. The van der Waals surface area contributed by atoms with E-state index in [4.69, 9.17) is 5.84 Å². The van der Waals surface area contributed by atoms with Crippen molar-refractivity contribution in [2.45, 2.75) is 19.4 Å². The second-order valence-corrected chi connectivity index (χ2v) is 6.38. The minimum Gasteiger partial charge on any atom is -0.271 e. The number of halogens is 2. The Morgan fingerprint density at radius 2 is 1.74 bits per heavy atom. The highest BCUT2D eigenvalue weighted by molar-refractivity contribution is 9.11. The highest BCUT2D eigenvalue weighted by Crippen LogP contribution is 2.26. The van der Waals surface area contributed by atoms with E-state index in [1.54, 1.807) is 0 Å². The molecule has 2 nitrogen and oxygen atoms in total. The van der Waals surface area contributed by atoms with Crippen LogP contribution in [0.25, 0.3) is 0 Å². The fourth-order valence-electron chi connectivity index (χ4n) is 2.11. The van der Waals surface area contributed by atoms with Crippen LogP contribution in [-0.4, -0.2) is 0 Å². The summed E-state index contributed by atoms with van der Waals surface area (Å²) in [6.45, 7) is 2.12. The summed E-state index contributed by atoms with van der Waals surface area (Å²) in [7, 11) is 0. The van der Waals surface area contributed by atoms with Gasteiger partial charge in [0.15, 0.2) is 0 Å². The van der Waals surface area contributed by atoms with Gasteiger partial charge in [-0.3, -0.25) is 11.3 Å². The van der Waals surface area contributed by atoms with Crippen molar-refractivity contribution < 1.29 is 0 Å². The van der Waals surface area contributed by atoms with Gasteiger partial charge in [-0.15, -0.1) is 0 Å². The van der Waals surface area contributed by atoms with Crippen molar-refractivity contribution >= 4 is 31.9 Å². The molecule has 2 aromatic rings. The Balaban J connectivity index is 2.28. The summed E-state index contributed by atoms with van der Waals surface area (Å²) in [6.07, 6.45) is 0.867. The van der Waals surface area contributed by atoms with Crippen molar-refractivity contribution in [1.82, 2.24) is 5.43 Å². The summed E-state index contributed by atoms with van der Waals surface area (Å²) >= 11 is 7.02. The number of hydrogen-bond donors (Lipinski definition) is 2. The van der Waals surface area contributed by atoms with Crippen LogP contribution in [0, 0.1) is 6.92 Å². The molecule has 0 radical (unpaired) electrons. The monoisotopic (exact) mass is 382 g/mol. The molecule has 0 bridgehead atoms. The molecule has 0 aliphatic rings. The number of hydrazine groups is 1. The maximum atomic E-state index is 5.72. The summed E-state index contributed by atoms with van der Waals surface area (Å²) in [6, 6.07) is 14.7. The zero-order valence-corrected chi connectivity index (χ0v) is 13.8. The molecule has 0 fully saturated rings. The molecule has 19 heavy (non-hydrogen) atoms. The van der Waals surface area contributed by atoms with Gasteiger partial charge in [0.25, 0.3) is 0 Å². The first-order chi connectivity index (χ1) is 9.10. The molecule has 2 aromatic carbocycles. The molecule has 0 spiro atoms. The van der Waals surface area contributed by atoms with Gasteiger partial charge in [0, 0.05) is 8.95 Å². The van der Waals surface area contributed by atoms with Crippen LogP contribution in [0.5, 0.6) is 0 Å². The van der Waals surface area contributed by atoms with Crippen molar-refractivity contribution in [3.63, 3.8) is 0 Å². The van der Waals surface area contributed by atoms with Crippen molar-refractivity contribution in [2.24, 2.45) is 5.84 Å². The average molecular weight is 384 g/mol. The first kappa shape index (κ1) is 14.7. The summed E-state index contributed by atoms with van der Waals surface area (Å²) in [5, 5.41) is 0. The van der Waals surface area contributed by atoms with Gasteiger partial charge in [0.2, 0.25) is 0 Å². The van der Waals surface area contributed by atoms with Crippen LogP contribution in [0.3, 0.4) is 0 Å². The Morgan fingerprint density at radius 3 is 2.32 bits per heavy atom. The summed E-state index contributed by atoms with van der Waals surface area (Å²) in [5.74, 6) is 5.72. The van der Waals surface area contributed by atoms with Crippen LogP contribution < -0.4 is 11.3 Å². The molecule has 0 heterocycles. The van der Waals surface area contributed by atoms with E-state index in [1.807, 2.05) is 6.07 Å². The smallest absolute Gasteiger partial charge is 0.0501 e. The van der Waals surface area contributed by atoms with Gasteiger partial charge < -0.3 is 0 Å². The Kier molecular flexibility index (Phi) is 5.16. The fraction of sp³-hybridized carbons (Fsp3) is 0.200. The summed E-state index contributed by atoms with van der Waals surface area (Å²) < 4.78 is 2.09. The maximum Gasteiger partial charge on any atom is 0.0501 e. The Bertz CT molecular complexity index is 550. The molecular formula is C15H16Br2N2. The molecule has 0 saturated heterocycles. The van der Waals surface area contributed by atoms with Crippen LogP contribution >= 0.6 is 31.9 Å². The van der Waals surface area contributed by atoms with Gasteiger partial charge in [-0.05, 0) is 48.2 Å². The number of nitrogens with two attached hydrogens (primary N) is 1. The van der Waals surface area contributed by atoms with Crippen molar-refractivity contribution in [1.29, 1.82) is 0 Å². The van der Waals surface area contributed by atoms with E-state index in [-0.39, 0.29) is 6.04 Å². The molecule has 3 N–H and O–H groups in total. The number of hydrogen-bond acceptors (Lipinski definition) is 2. The molecule has 0 aliphatic heterocycles. The number of aryl methyl sites for hydroxylation is 1. The number of rotatable bonds is 4. The van der Waals surface area contributed by atoms with E-state index < -0.39 is 0 Å². The Hall–Kier alpha value is -0.680. The van der Waals surface area contributed by atoms with Crippen LogP contribution in [0.4, 0.5) is 0 Å². The van der Waals surface area contributed by atoms with Crippen LogP contribution in [0.15, 0.2) is 51.4 Å². The number of benzene rings is 2. The molecule has 2 rings (SSSR count). The average Bonchev–Trinajstić information content (AvgIpc) is 2.36. The van der Waals surface area contributed by atoms with E-state index in [9.17, 15) is 0 Å². The Labute approximate surface area is 130 Å². The fourth-order valence-corrected chi connectivity index (χ4v) is 3.44. The van der Waals surface area contributed by atoms with E-state index in [2.05, 4.69) is 80.6 Å². The SMILES string of the molecule is Cc1ccccc1CC(NN)c1cc(Br)cc(Br)c1. The van der Waals surface area contributed by atoms with Gasteiger partial charge in [-0.1, -0.05) is 56.1 Å². The van der Waals surface area contributed by atoms with Crippen LogP contribution in [0.1, 0.15) is 22.7 Å². The molecular weight excluding hydrogens is 368 g/mol. The van der Waals surface area contributed by atoms with Crippen LogP contribution in [0.2, 0.25) is 0 Å². The van der Waals surface area contributed by atoms with Crippen molar-refractivity contribution in [3.8, 4) is 0 Å². The highest BCUT2D eigenvalue weighted by Gasteiger charge is 2.13. The Morgan fingerprint density at radius 1 is 1.11 bits per heavy atom. The number of nitrogens with one attached hydrogen (secondary N) is 1. The van der Waals surface area contributed by atoms with Gasteiger partial charge in [0.1, 0.15) is 0 Å². The van der Waals surface area contributed by atoms with Gasteiger partial charge in [0.05, 0.1) is 6.04 Å². The molecule has 4 heteroatoms. The summed E-state index contributed by atoms with van der Waals surface area (Å²) in [5.41, 5.74) is 6.66. The minimum atomic E-state index is 0.0925. The molecule has 0 aromatic heterocycles. The third kappa shape index (κ3) is 3.89. The lowest BCUT2D eigenvalue weighted by Crippen LogP contribution is -2.29. The molecule has 100 valence electrons. The van der Waals surface area contributed by atoms with Gasteiger partial charge >= 0.3 is 0 Å². The standard InChI is InChI=1S/C15H16Br2N2/c1-10-4-2-3-5-11(10)8-15(19-18)12-6-13(16)9-14(17)7-12/h2-7,9,15,19H,8,18H2,1H3. The first-order valence-corrected chi connectivity index (χ1v) is 7.65. The normalized spacial score (nSPS) is 12.4. The van der Waals surface area contributed by atoms with Crippen molar-refractivity contribution in [2.75, 3.05) is 0 Å². The predicted molar refractivity (Wildman–Crippen MR) is 86.8 cm³/mol. The van der Waals surface area contributed by atoms with Gasteiger partial charge in [-0.2, -0.15) is 0 Å². The lowest BCUT2D eigenvalue weighted by Gasteiger charge is -2.18. The minimum absolute atomic E-state index is 0.0925. The first-order valence-electron chi connectivity index (χ1n) is 6.07. The largest absolute Gasteiger partial charge is 0.271 e. The summed E-state index contributed by atoms with van der Waals surface area (Å²) in [4.78, 5) is 0. The topological polar surface area (TPSA) is 38.0 Å². The third-order valence-corrected chi connectivity index (χ3v) is 4.09. The quantitative estimate of drug-likeness (QED) is 0.611. The molecule has 0 aliphatic carbocycles. The van der Waals surface area contributed by atoms with E-state index in [1.165, 1.54) is 11.1 Å². The zero-order chi connectivity index (χ0) is 13.8. The van der Waals surface area contributed by atoms with E-state index >= 15 is 0 Å². The zero-order valence-electron chi connectivity index (χ0n) is 10.7. The maximum absolute atomic E-state index is 5.72. The highest BCUT2D eigenvalue weighted by atomic mass is 79.9. The lowest BCUT2D eigenvalue weighted by atomic mass is 9.97. The predicted octanol–water partition coefficient (Wildman–Crippen LogP) is 4.27. The second-order valence-electron chi connectivity index (χ2n) is 4.55. The molecule has 0 amide bonds. The van der Waals surface area contributed by atoms with Gasteiger partial charge in [-0.25, -0.2) is 0 Å². The van der Waals surface area contributed by atoms with Crippen LogP contribution in [-0.2, 0) is 6.42 Å². The lowest BCUT2D eigenvalue weighted by molar-refractivity contribution is 0.550. The van der Waals surface area contributed by atoms with Crippen molar-refractivity contribution in [3.05, 3.63) is 68.1 Å².